The minimum absolute atomic E-state index is 0. The van der Waals surface area contributed by atoms with Crippen LogP contribution in [0.3, 0.4) is 0 Å². The van der Waals surface area contributed by atoms with Gasteiger partial charge in [0.2, 0.25) is 0 Å². The number of hydrogen-bond acceptors (Lipinski definition) is 0. The summed E-state index contributed by atoms with van der Waals surface area (Å²) < 4.78 is 0. The van der Waals surface area contributed by atoms with E-state index in [1.54, 1.807) is 0 Å². The molecule has 0 heterocycles. The van der Waals surface area contributed by atoms with Crippen LogP contribution in [0.1, 0.15) is 0 Å². The third kappa shape index (κ3) is 18.0. The van der Waals surface area contributed by atoms with Gasteiger partial charge in [-0.15, -0.1) is 0 Å². The third-order valence-electron chi connectivity index (χ3n) is 0. The van der Waals surface area contributed by atoms with Crippen molar-refractivity contribution in [2.45, 2.75) is 0 Å². The molecule has 0 amide bonds. The molecule has 0 N–H and O–H groups in total. The van der Waals surface area contributed by atoms with Crippen LogP contribution >= 0.6 is 0 Å². The minimum Gasteiger partial charge on any atom is 0 e. The Morgan fingerprint density at radius 1 is 0.400 bits per heavy atom. The zero-order chi connectivity index (χ0) is 0. The van der Waals surface area contributed by atoms with Gasteiger partial charge in [0.1, 0.15) is 0 Å². The molecule has 0 saturated carbocycles. The second-order valence-corrected chi connectivity index (χ2v) is 0. The molecule has 0 aliphatic carbocycles. The summed E-state index contributed by atoms with van der Waals surface area (Å²) in [6, 6.07) is 0. The molecule has 5 heavy (non-hydrogen) atoms. The Kier molecular flexibility index (Phi) is 174. The monoisotopic (exact) mass is 490 g/mol. The van der Waals surface area contributed by atoms with E-state index in [2.05, 4.69) is 0 Å². The van der Waals surface area contributed by atoms with Crippen LogP contribution in [0, 0.1) is 0 Å². The second kappa shape index (κ2) is 24.4. The van der Waals surface area contributed by atoms with E-state index in [1.165, 1.54) is 0 Å². The quantitative estimate of drug-likeness (QED) is 0.348. The second-order valence-electron chi connectivity index (χ2n) is 0. The van der Waals surface area contributed by atoms with Crippen molar-refractivity contribution in [2.75, 3.05) is 0 Å². The molecule has 0 aliphatic rings. The van der Waals surface area contributed by atoms with Gasteiger partial charge in [-0.25, -0.2) is 0 Å². The Morgan fingerprint density at radius 2 is 0.400 bits per heavy atom. The SMILES string of the molecule is [Bi].[Bi].[Mg].[Mg].[Mg]. The fourth-order valence-electron chi connectivity index (χ4n) is 0. The van der Waals surface area contributed by atoms with E-state index in [0.29, 0.717) is 0 Å². The van der Waals surface area contributed by atoms with Crippen molar-refractivity contribution in [2.24, 2.45) is 0 Å². The van der Waals surface area contributed by atoms with E-state index in [-0.39, 0.29) is 122 Å². The van der Waals surface area contributed by atoms with Crippen molar-refractivity contribution in [3.05, 3.63) is 0 Å². The number of hydrogen-bond donors (Lipinski definition) is 0. The summed E-state index contributed by atoms with van der Waals surface area (Å²) in [4.78, 5) is 0. The fraction of sp³-hybridized carbons (Fsp3) is 0. The standard InChI is InChI=1S/2Bi.3Mg. The smallest absolute Gasteiger partial charge is 0 e. The molecule has 0 unspecified atom stereocenters. The van der Waals surface area contributed by atoms with Gasteiger partial charge in [0.15, 0.2) is 0 Å². The molecule has 12 radical (unpaired) electrons. The first-order chi connectivity index (χ1) is 0. The molecule has 16 valence electrons. The molecule has 0 aromatic carbocycles. The summed E-state index contributed by atoms with van der Waals surface area (Å²) in [7, 11) is 0. The molecule has 0 aliphatic heterocycles. The van der Waals surface area contributed by atoms with Crippen LogP contribution in [-0.4, -0.2) is 122 Å². The van der Waals surface area contributed by atoms with Gasteiger partial charge >= 0.3 is 0 Å². The van der Waals surface area contributed by atoms with Gasteiger partial charge in [-0.2, -0.15) is 0 Å². The largest absolute Gasteiger partial charge is 0 e. The van der Waals surface area contributed by atoms with Gasteiger partial charge in [-0.05, 0) is 0 Å². The first kappa shape index (κ1) is 35.7. The summed E-state index contributed by atoms with van der Waals surface area (Å²) >= 11 is 0. The molecule has 0 aromatic rings. The first-order valence-corrected chi connectivity index (χ1v) is 0. The van der Waals surface area contributed by atoms with Crippen molar-refractivity contribution in [1.29, 1.82) is 0 Å². The normalized spacial score (nSPS) is 0. The molecule has 0 rings (SSSR count). The summed E-state index contributed by atoms with van der Waals surface area (Å²) in [6.07, 6.45) is 0. The summed E-state index contributed by atoms with van der Waals surface area (Å²) in [5, 5.41) is 0. The molecule has 0 saturated heterocycles. The van der Waals surface area contributed by atoms with Crippen LogP contribution in [0.5, 0.6) is 0 Å². The van der Waals surface area contributed by atoms with Gasteiger partial charge in [-0.1, -0.05) is 0 Å². The van der Waals surface area contributed by atoms with E-state index in [1.807, 2.05) is 0 Å². The third-order valence-corrected chi connectivity index (χ3v) is 0. The predicted molar refractivity (Wildman–Crippen MR) is 28.8 cm³/mol. The Labute approximate surface area is 119 Å². The molecule has 0 aromatic heterocycles. The summed E-state index contributed by atoms with van der Waals surface area (Å²) in [6.45, 7) is 0. The van der Waals surface area contributed by atoms with Crippen LogP contribution in [0.4, 0.5) is 0 Å². The fourth-order valence-corrected chi connectivity index (χ4v) is 0. The van der Waals surface area contributed by atoms with Crippen molar-refractivity contribution < 1.29 is 0 Å². The van der Waals surface area contributed by atoms with Crippen molar-refractivity contribution >= 4 is 122 Å². The Bertz CT molecular complexity index is 4.85. The average Bonchev–Trinajstić information content (AvgIpc) is 0. The maximum Gasteiger partial charge on any atom is 0 e. The van der Waals surface area contributed by atoms with Gasteiger partial charge in [0.05, 0.1) is 0 Å². The van der Waals surface area contributed by atoms with Crippen molar-refractivity contribution in [1.82, 2.24) is 0 Å². The van der Waals surface area contributed by atoms with E-state index < -0.39 is 0 Å². The topological polar surface area (TPSA) is 0 Å². The molecule has 0 fully saturated rings. The van der Waals surface area contributed by atoms with Crippen LogP contribution in [0.2, 0.25) is 0 Å². The van der Waals surface area contributed by atoms with Crippen LogP contribution in [0.25, 0.3) is 0 Å². The molecule has 0 bridgehead atoms. The predicted octanol–water partition coefficient (Wildman–Crippen LogP) is -1.90. The molecule has 0 nitrogen and oxygen atoms in total. The van der Waals surface area contributed by atoms with Crippen LogP contribution < -0.4 is 0 Å². The van der Waals surface area contributed by atoms with E-state index >= 15 is 0 Å². The van der Waals surface area contributed by atoms with Gasteiger partial charge < -0.3 is 0 Å². The van der Waals surface area contributed by atoms with Gasteiger partial charge in [0.25, 0.3) is 0 Å². The maximum atomic E-state index is 0. The number of rotatable bonds is 0. The van der Waals surface area contributed by atoms with Crippen LogP contribution in [0.15, 0.2) is 0 Å². The zero-order valence-electron chi connectivity index (χ0n) is 3.02. The molecule has 0 spiro atoms. The van der Waals surface area contributed by atoms with Crippen molar-refractivity contribution in [3.63, 3.8) is 0 Å². The van der Waals surface area contributed by atoms with Crippen molar-refractivity contribution in [3.8, 4) is 0 Å². The maximum absolute atomic E-state index is 0. The summed E-state index contributed by atoms with van der Waals surface area (Å²) in [5.74, 6) is 0. The first-order valence-electron chi connectivity index (χ1n) is 0. The minimum atomic E-state index is 0. The Balaban J connectivity index is 0. The molecular formula is Bi2Mg3. The molecule has 5 heteroatoms. The Hall–Kier alpha value is 4.06. The van der Waals surface area contributed by atoms with Crippen LogP contribution in [-0.2, 0) is 0 Å². The van der Waals surface area contributed by atoms with E-state index in [0.717, 1.165) is 0 Å². The average molecular weight is 491 g/mol. The Morgan fingerprint density at radius 3 is 0.400 bits per heavy atom. The van der Waals surface area contributed by atoms with E-state index in [9.17, 15) is 0 Å². The molecule has 0 atom stereocenters. The molecular weight excluding hydrogens is 491 g/mol. The van der Waals surface area contributed by atoms with Gasteiger partial charge in [0, 0.05) is 122 Å². The van der Waals surface area contributed by atoms with E-state index in [4.69, 9.17) is 0 Å². The van der Waals surface area contributed by atoms with Gasteiger partial charge in [-0.3, -0.25) is 0 Å². The zero-order valence-corrected chi connectivity index (χ0v) is 14.2. The summed E-state index contributed by atoms with van der Waals surface area (Å²) in [5.41, 5.74) is 0.